The molecule has 0 spiro atoms. The Morgan fingerprint density at radius 3 is 2.73 bits per heavy atom. The van der Waals surface area contributed by atoms with E-state index in [1.807, 2.05) is 35.8 Å². The highest BCUT2D eigenvalue weighted by atomic mass is 32.2. The van der Waals surface area contributed by atoms with Gasteiger partial charge in [0.25, 0.3) is 5.91 Å². The summed E-state index contributed by atoms with van der Waals surface area (Å²) < 4.78 is 24.4. The van der Waals surface area contributed by atoms with Gasteiger partial charge in [-0.25, -0.2) is 13.4 Å². The van der Waals surface area contributed by atoms with Gasteiger partial charge in [-0.05, 0) is 62.6 Å². The van der Waals surface area contributed by atoms with E-state index < -0.39 is 9.84 Å². The van der Waals surface area contributed by atoms with E-state index in [0.717, 1.165) is 32.8 Å². The van der Waals surface area contributed by atoms with Gasteiger partial charge in [-0.2, -0.15) is 0 Å². The maximum Gasteiger partial charge on any atom is 0.284 e. The molecule has 0 bridgehead atoms. The summed E-state index contributed by atoms with van der Waals surface area (Å²) in [7, 11) is -3.08. The average Bonchev–Trinajstić information content (AvgIpc) is 3.58. The quantitative estimate of drug-likeness (QED) is 0.315. The Balaban J connectivity index is 1.35. The van der Waals surface area contributed by atoms with Gasteiger partial charge in [-0.3, -0.25) is 4.79 Å². The minimum absolute atomic E-state index is 0.0370. The number of nitrogens with zero attached hydrogens (tertiary/aromatic N) is 4. The SMILES string of the molecule is CC(C)Nc1cc(Nc2ccc3ncsc3c2)ccc1-c1nnc(C(=O)N2CCC(CS(C)(=O)=O)C2)s1. The molecule has 0 saturated carbocycles. The number of hydrogen-bond acceptors (Lipinski definition) is 10. The van der Waals surface area contributed by atoms with Crippen molar-refractivity contribution in [2.45, 2.75) is 26.3 Å². The van der Waals surface area contributed by atoms with E-state index >= 15 is 0 Å². The van der Waals surface area contributed by atoms with Crippen molar-refractivity contribution in [1.82, 2.24) is 20.1 Å². The normalized spacial score (nSPS) is 16.0. The summed E-state index contributed by atoms with van der Waals surface area (Å²) in [6.45, 7) is 5.09. The van der Waals surface area contributed by atoms with Crippen LogP contribution in [0.1, 0.15) is 30.1 Å². The number of carbonyl (C=O) groups excluding carboxylic acids is 1. The van der Waals surface area contributed by atoms with Gasteiger partial charge in [0.2, 0.25) is 5.01 Å². The van der Waals surface area contributed by atoms with Crippen molar-refractivity contribution in [2.24, 2.45) is 5.92 Å². The Morgan fingerprint density at radius 2 is 1.95 bits per heavy atom. The second kappa shape index (κ2) is 10.3. The molecule has 1 saturated heterocycles. The lowest BCUT2D eigenvalue weighted by Gasteiger charge is -2.16. The first-order valence-corrected chi connectivity index (χ1v) is 15.7. The fourth-order valence-electron chi connectivity index (χ4n) is 4.47. The van der Waals surface area contributed by atoms with Crippen LogP contribution in [0.15, 0.2) is 41.9 Å². The molecule has 0 radical (unpaired) electrons. The molecule has 2 aromatic carbocycles. The molecule has 0 aliphatic carbocycles. The maximum atomic E-state index is 13.1. The highest BCUT2D eigenvalue weighted by Gasteiger charge is 2.31. The lowest BCUT2D eigenvalue weighted by atomic mass is 10.1. The van der Waals surface area contributed by atoms with Crippen LogP contribution in [-0.2, 0) is 9.84 Å². The smallest absolute Gasteiger partial charge is 0.284 e. The van der Waals surface area contributed by atoms with Gasteiger partial charge >= 0.3 is 0 Å². The molecule has 194 valence electrons. The van der Waals surface area contributed by atoms with Gasteiger partial charge in [0.15, 0.2) is 0 Å². The van der Waals surface area contributed by atoms with Crippen molar-refractivity contribution in [2.75, 3.05) is 35.7 Å². The Labute approximate surface area is 223 Å². The zero-order valence-electron chi connectivity index (χ0n) is 20.8. The molecule has 5 rings (SSSR count). The van der Waals surface area contributed by atoms with Crippen LogP contribution in [0, 0.1) is 5.92 Å². The van der Waals surface area contributed by atoms with E-state index in [9.17, 15) is 13.2 Å². The molecular weight excluding hydrogens is 529 g/mol. The Bertz CT molecular complexity index is 1550. The molecule has 12 heteroatoms. The summed E-state index contributed by atoms with van der Waals surface area (Å²) in [5.41, 5.74) is 6.48. The molecular formula is C25H28N6O3S3. The van der Waals surface area contributed by atoms with E-state index in [1.54, 1.807) is 16.2 Å². The van der Waals surface area contributed by atoms with E-state index in [0.29, 0.717) is 29.5 Å². The number of anilines is 3. The average molecular weight is 557 g/mol. The van der Waals surface area contributed by atoms with E-state index in [-0.39, 0.29) is 23.6 Å². The number of aromatic nitrogens is 3. The third-order valence-electron chi connectivity index (χ3n) is 6.03. The highest BCUT2D eigenvalue weighted by molar-refractivity contribution is 7.90. The number of carbonyl (C=O) groups is 1. The zero-order chi connectivity index (χ0) is 26.2. The summed E-state index contributed by atoms with van der Waals surface area (Å²) in [5, 5.41) is 16.4. The van der Waals surface area contributed by atoms with Gasteiger partial charge in [0, 0.05) is 48.0 Å². The molecule has 2 N–H and O–H groups in total. The third kappa shape index (κ3) is 6.08. The maximum absolute atomic E-state index is 13.1. The topological polar surface area (TPSA) is 117 Å². The Kier molecular flexibility index (Phi) is 7.15. The summed E-state index contributed by atoms with van der Waals surface area (Å²) in [5.74, 6) is -0.138. The van der Waals surface area contributed by atoms with Crippen molar-refractivity contribution >= 4 is 65.7 Å². The minimum Gasteiger partial charge on any atom is -0.382 e. The van der Waals surface area contributed by atoms with Crippen molar-refractivity contribution in [3.63, 3.8) is 0 Å². The summed E-state index contributed by atoms with van der Waals surface area (Å²) in [6, 6.07) is 12.3. The number of nitrogens with one attached hydrogen (secondary N) is 2. The zero-order valence-corrected chi connectivity index (χ0v) is 23.2. The van der Waals surface area contributed by atoms with Crippen LogP contribution >= 0.6 is 22.7 Å². The molecule has 1 amide bonds. The Morgan fingerprint density at radius 1 is 1.16 bits per heavy atom. The monoisotopic (exact) mass is 556 g/mol. The summed E-state index contributed by atoms with van der Waals surface area (Å²) in [6.07, 6.45) is 1.91. The predicted molar refractivity (Wildman–Crippen MR) is 151 cm³/mol. The predicted octanol–water partition coefficient (Wildman–Crippen LogP) is 4.89. The number of likely N-dealkylation sites (tertiary alicyclic amines) is 1. The van der Waals surface area contributed by atoms with E-state index in [1.165, 1.54) is 17.6 Å². The molecule has 2 aromatic heterocycles. The van der Waals surface area contributed by atoms with Gasteiger partial charge < -0.3 is 15.5 Å². The van der Waals surface area contributed by atoms with Crippen LogP contribution in [0.4, 0.5) is 17.1 Å². The molecule has 1 fully saturated rings. The summed E-state index contributed by atoms with van der Waals surface area (Å²) >= 11 is 2.86. The van der Waals surface area contributed by atoms with Crippen LogP contribution in [0.3, 0.4) is 0 Å². The summed E-state index contributed by atoms with van der Waals surface area (Å²) in [4.78, 5) is 19.1. The second-order valence-corrected chi connectivity index (χ2v) is 13.7. The molecule has 3 heterocycles. The van der Waals surface area contributed by atoms with Crippen molar-refractivity contribution in [3.05, 3.63) is 46.9 Å². The Hall–Kier alpha value is -3.09. The lowest BCUT2D eigenvalue weighted by Crippen LogP contribution is -2.29. The van der Waals surface area contributed by atoms with Crippen LogP contribution in [0.25, 0.3) is 20.8 Å². The van der Waals surface area contributed by atoms with Gasteiger partial charge in [-0.1, -0.05) is 11.3 Å². The number of thiazole rings is 1. The van der Waals surface area contributed by atoms with Crippen molar-refractivity contribution < 1.29 is 13.2 Å². The van der Waals surface area contributed by atoms with E-state index in [2.05, 4.69) is 45.7 Å². The molecule has 37 heavy (non-hydrogen) atoms. The molecule has 1 aliphatic heterocycles. The largest absolute Gasteiger partial charge is 0.382 e. The first-order valence-electron chi connectivity index (χ1n) is 12.0. The molecule has 4 aromatic rings. The molecule has 9 nitrogen and oxygen atoms in total. The van der Waals surface area contributed by atoms with Gasteiger partial charge in [-0.15, -0.1) is 21.5 Å². The number of rotatable bonds is 8. The van der Waals surface area contributed by atoms with Crippen LogP contribution in [0.2, 0.25) is 0 Å². The van der Waals surface area contributed by atoms with Crippen LogP contribution < -0.4 is 10.6 Å². The van der Waals surface area contributed by atoms with E-state index in [4.69, 9.17) is 0 Å². The number of benzene rings is 2. The van der Waals surface area contributed by atoms with Crippen molar-refractivity contribution in [3.8, 4) is 10.6 Å². The number of hydrogen-bond donors (Lipinski definition) is 2. The third-order valence-corrected chi connectivity index (χ3v) is 8.85. The first-order chi connectivity index (χ1) is 17.6. The number of sulfone groups is 1. The van der Waals surface area contributed by atoms with Gasteiger partial charge in [0.1, 0.15) is 14.8 Å². The fraction of sp³-hybridized carbons (Fsp3) is 0.360. The second-order valence-electron chi connectivity index (χ2n) is 9.63. The first kappa shape index (κ1) is 25.6. The minimum atomic E-state index is -3.08. The molecule has 1 unspecified atom stereocenters. The fourth-order valence-corrected chi connectivity index (χ4v) is 7.17. The number of fused-ring (bicyclic) bond motifs is 1. The molecule has 1 atom stereocenters. The number of amides is 1. The highest BCUT2D eigenvalue weighted by Crippen LogP contribution is 2.35. The molecule has 1 aliphatic rings. The van der Waals surface area contributed by atoms with Crippen LogP contribution in [0.5, 0.6) is 0 Å². The van der Waals surface area contributed by atoms with Crippen molar-refractivity contribution in [1.29, 1.82) is 0 Å². The lowest BCUT2D eigenvalue weighted by molar-refractivity contribution is 0.0787. The standard InChI is InChI=1S/C25H28N6O3S3/c1-15(2)27-21-10-17(28-18-5-7-20-22(11-18)35-14-26-20)4-6-19(21)23-29-30-24(36-23)25(32)31-9-8-16(12-31)13-37(3,33)34/h4-7,10-11,14-16,27-28H,8-9,12-13H2,1-3H3. The van der Waals surface area contributed by atoms with Crippen LogP contribution in [-0.4, -0.2) is 65.5 Å². The van der Waals surface area contributed by atoms with Gasteiger partial charge in [0.05, 0.1) is 21.5 Å².